The number of carbonyl (C=O) groups excluding carboxylic acids is 1. The monoisotopic (exact) mass is 283 g/mol. The van der Waals surface area contributed by atoms with Gasteiger partial charge in [0, 0.05) is 35.6 Å². The molecule has 1 aliphatic heterocycles. The Kier molecular flexibility index (Phi) is 3.27. The van der Waals surface area contributed by atoms with Crippen LogP contribution in [-0.4, -0.2) is 17.4 Å². The average Bonchev–Trinajstić information content (AvgIpc) is 2.95. The van der Waals surface area contributed by atoms with Crippen molar-refractivity contribution in [2.45, 2.75) is 6.42 Å². The van der Waals surface area contributed by atoms with E-state index in [1.165, 1.54) is 29.8 Å². The summed E-state index contributed by atoms with van der Waals surface area (Å²) in [5, 5.41) is 16.5. The highest BCUT2D eigenvalue weighted by Crippen LogP contribution is 2.24. The summed E-state index contributed by atoms with van der Waals surface area (Å²) in [4.78, 5) is 22.3. The largest absolute Gasteiger partial charge is 0.384 e. The van der Waals surface area contributed by atoms with E-state index < -0.39 is 4.92 Å². The molecule has 0 spiro atoms. The van der Waals surface area contributed by atoms with E-state index in [-0.39, 0.29) is 11.6 Å². The molecule has 0 fully saturated rings. The third-order valence-corrected chi connectivity index (χ3v) is 3.42. The van der Waals surface area contributed by atoms with Gasteiger partial charge >= 0.3 is 0 Å². The highest BCUT2D eigenvalue weighted by atomic mass is 16.6. The zero-order valence-corrected chi connectivity index (χ0v) is 11.1. The summed E-state index contributed by atoms with van der Waals surface area (Å²) in [5.41, 5.74) is 3.28. The zero-order chi connectivity index (χ0) is 14.8. The summed E-state index contributed by atoms with van der Waals surface area (Å²) in [6, 6.07) is 11.3. The van der Waals surface area contributed by atoms with Crippen LogP contribution in [0.1, 0.15) is 15.9 Å². The fourth-order valence-corrected chi connectivity index (χ4v) is 2.30. The number of nitro benzene ring substituents is 1. The molecule has 2 N–H and O–H groups in total. The Bertz CT molecular complexity index is 711. The zero-order valence-electron chi connectivity index (χ0n) is 11.1. The molecule has 2 aromatic carbocycles. The molecule has 1 amide bonds. The van der Waals surface area contributed by atoms with Gasteiger partial charge < -0.3 is 10.6 Å². The van der Waals surface area contributed by atoms with Crippen molar-refractivity contribution in [3.8, 4) is 0 Å². The predicted octanol–water partition coefficient (Wildman–Crippen LogP) is 2.82. The number of nitrogens with zero attached hydrogens (tertiary/aromatic N) is 1. The Hall–Kier alpha value is -2.89. The molecule has 0 bridgehead atoms. The first-order chi connectivity index (χ1) is 10.1. The third-order valence-electron chi connectivity index (χ3n) is 3.42. The van der Waals surface area contributed by atoms with E-state index in [0.29, 0.717) is 11.3 Å². The van der Waals surface area contributed by atoms with Crippen molar-refractivity contribution in [3.63, 3.8) is 0 Å². The van der Waals surface area contributed by atoms with Crippen LogP contribution in [0, 0.1) is 10.1 Å². The van der Waals surface area contributed by atoms with Gasteiger partial charge in [-0.25, -0.2) is 0 Å². The van der Waals surface area contributed by atoms with E-state index in [0.717, 1.165) is 18.7 Å². The Balaban J connectivity index is 1.75. The van der Waals surface area contributed by atoms with E-state index >= 15 is 0 Å². The number of anilines is 2. The van der Waals surface area contributed by atoms with Gasteiger partial charge in [0.1, 0.15) is 0 Å². The first kappa shape index (κ1) is 13.1. The molecular formula is C15H13N3O3. The van der Waals surface area contributed by atoms with E-state index in [1.807, 2.05) is 12.1 Å². The quantitative estimate of drug-likeness (QED) is 0.670. The molecule has 106 valence electrons. The maximum Gasteiger partial charge on any atom is 0.269 e. The van der Waals surface area contributed by atoms with Crippen LogP contribution in [0.25, 0.3) is 0 Å². The highest BCUT2D eigenvalue weighted by molar-refractivity contribution is 6.05. The van der Waals surface area contributed by atoms with E-state index in [1.54, 1.807) is 6.07 Å². The molecule has 3 rings (SSSR count). The van der Waals surface area contributed by atoms with Gasteiger partial charge in [-0.1, -0.05) is 6.07 Å². The molecule has 0 atom stereocenters. The number of non-ortho nitro benzene ring substituents is 1. The number of carbonyl (C=O) groups is 1. The summed E-state index contributed by atoms with van der Waals surface area (Å²) in [6.07, 6.45) is 0.972. The maximum atomic E-state index is 12.2. The lowest BCUT2D eigenvalue weighted by atomic mass is 10.1. The van der Waals surface area contributed by atoms with Crippen LogP contribution in [0.2, 0.25) is 0 Å². The van der Waals surface area contributed by atoms with Gasteiger partial charge in [0.05, 0.1) is 4.92 Å². The van der Waals surface area contributed by atoms with Gasteiger partial charge in [-0.3, -0.25) is 14.9 Å². The second kappa shape index (κ2) is 5.24. The summed E-state index contributed by atoms with van der Waals surface area (Å²) < 4.78 is 0. The van der Waals surface area contributed by atoms with Gasteiger partial charge in [-0.15, -0.1) is 0 Å². The molecule has 2 aromatic rings. The number of nitrogens with one attached hydrogen (secondary N) is 2. The number of benzene rings is 2. The molecule has 0 aliphatic carbocycles. The minimum atomic E-state index is -0.474. The van der Waals surface area contributed by atoms with Gasteiger partial charge in [-0.2, -0.15) is 0 Å². The van der Waals surface area contributed by atoms with Crippen LogP contribution in [-0.2, 0) is 6.42 Å². The molecule has 1 heterocycles. The molecular weight excluding hydrogens is 270 g/mol. The summed E-state index contributed by atoms with van der Waals surface area (Å²) in [7, 11) is 0. The van der Waals surface area contributed by atoms with Crippen LogP contribution < -0.4 is 10.6 Å². The average molecular weight is 283 g/mol. The number of hydrogen-bond donors (Lipinski definition) is 2. The number of fused-ring (bicyclic) bond motifs is 1. The molecule has 6 nitrogen and oxygen atoms in total. The minimum absolute atomic E-state index is 0.00488. The van der Waals surface area contributed by atoms with E-state index in [9.17, 15) is 14.9 Å². The summed E-state index contributed by atoms with van der Waals surface area (Å²) >= 11 is 0. The van der Waals surface area contributed by atoms with Crippen molar-refractivity contribution in [2.75, 3.05) is 17.2 Å². The normalized spacial score (nSPS) is 12.4. The Morgan fingerprint density at radius 2 is 1.95 bits per heavy atom. The van der Waals surface area contributed by atoms with Crippen LogP contribution in [0.15, 0.2) is 42.5 Å². The number of amides is 1. The summed E-state index contributed by atoms with van der Waals surface area (Å²) in [6.45, 7) is 0.892. The van der Waals surface area contributed by atoms with E-state index in [2.05, 4.69) is 10.6 Å². The number of nitro groups is 1. The molecule has 0 unspecified atom stereocenters. The van der Waals surface area contributed by atoms with Crippen molar-refractivity contribution >= 4 is 23.0 Å². The fourth-order valence-electron chi connectivity index (χ4n) is 2.30. The maximum absolute atomic E-state index is 12.2. The number of hydrogen-bond acceptors (Lipinski definition) is 4. The van der Waals surface area contributed by atoms with Crippen molar-refractivity contribution in [1.82, 2.24) is 0 Å². The molecule has 0 saturated heterocycles. The first-order valence-electron chi connectivity index (χ1n) is 6.56. The molecule has 0 radical (unpaired) electrons. The van der Waals surface area contributed by atoms with Gasteiger partial charge in [0.25, 0.3) is 11.6 Å². The van der Waals surface area contributed by atoms with Crippen LogP contribution in [0.3, 0.4) is 0 Å². The van der Waals surface area contributed by atoms with Gasteiger partial charge in [0.15, 0.2) is 0 Å². The Morgan fingerprint density at radius 1 is 1.19 bits per heavy atom. The molecule has 0 saturated carbocycles. The van der Waals surface area contributed by atoms with Crippen molar-refractivity contribution in [3.05, 3.63) is 63.7 Å². The molecule has 1 aliphatic rings. The lowest BCUT2D eigenvalue weighted by Crippen LogP contribution is -2.12. The first-order valence-corrected chi connectivity index (χ1v) is 6.56. The molecule has 6 heteroatoms. The van der Waals surface area contributed by atoms with Gasteiger partial charge in [0.2, 0.25) is 0 Å². The van der Waals surface area contributed by atoms with Crippen LogP contribution >= 0.6 is 0 Å². The summed E-state index contributed by atoms with van der Waals surface area (Å²) in [5.74, 6) is -0.236. The van der Waals surface area contributed by atoms with Crippen LogP contribution in [0.5, 0.6) is 0 Å². The molecule has 0 aromatic heterocycles. The molecule has 21 heavy (non-hydrogen) atoms. The topological polar surface area (TPSA) is 84.3 Å². The van der Waals surface area contributed by atoms with Crippen molar-refractivity contribution < 1.29 is 9.72 Å². The lowest BCUT2D eigenvalue weighted by molar-refractivity contribution is -0.384. The predicted molar refractivity (Wildman–Crippen MR) is 79.7 cm³/mol. The minimum Gasteiger partial charge on any atom is -0.384 e. The SMILES string of the molecule is O=C(Nc1ccc([N+](=O)[O-])cc1)c1ccc2c(c1)NCC2. The second-order valence-electron chi connectivity index (χ2n) is 4.81. The fraction of sp³-hybridized carbons (Fsp3) is 0.133. The smallest absolute Gasteiger partial charge is 0.269 e. The highest BCUT2D eigenvalue weighted by Gasteiger charge is 2.14. The van der Waals surface area contributed by atoms with E-state index in [4.69, 9.17) is 0 Å². The van der Waals surface area contributed by atoms with Gasteiger partial charge in [-0.05, 0) is 36.2 Å². The third kappa shape index (κ3) is 2.69. The van der Waals surface area contributed by atoms with Crippen LogP contribution in [0.4, 0.5) is 17.1 Å². The lowest BCUT2D eigenvalue weighted by Gasteiger charge is -2.07. The second-order valence-corrected chi connectivity index (χ2v) is 4.81. The standard InChI is InChI=1S/C15H13N3O3/c19-15(11-2-1-10-7-8-16-14(10)9-11)17-12-3-5-13(6-4-12)18(20)21/h1-6,9,16H,7-8H2,(H,17,19). The Labute approximate surface area is 120 Å². The number of rotatable bonds is 3. The van der Waals surface area contributed by atoms with Crippen molar-refractivity contribution in [1.29, 1.82) is 0 Å². The Morgan fingerprint density at radius 3 is 2.67 bits per heavy atom. The van der Waals surface area contributed by atoms with Crippen molar-refractivity contribution in [2.24, 2.45) is 0 Å².